The summed E-state index contributed by atoms with van der Waals surface area (Å²) in [7, 11) is 0. The monoisotopic (exact) mass is 718 g/mol. The third kappa shape index (κ3) is 6.27. The molecule has 0 bridgehead atoms. The summed E-state index contributed by atoms with van der Waals surface area (Å²) in [6, 6.07) is 71.1. The molecule has 10 rings (SSSR count). The van der Waals surface area contributed by atoms with Gasteiger partial charge in [0, 0.05) is 44.5 Å². The average Bonchev–Trinajstić information content (AvgIpc) is 3.66. The lowest BCUT2D eigenvalue weighted by Crippen LogP contribution is -2.09. The fraction of sp³-hybridized carbons (Fsp3) is 0. The van der Waals surface area contributed by atoms with Crippen molar-refractivity contribution in [3.05, 3.63) is 206 Å². The summed E-state index contributed by atoms with van der Waals surface area (Å²) in [6.45, 7) is 0. The van der Waals surface area contributed by atoms with Gasteiger partial charge in [0.15, 0.2) is 17.5 Å². The minimum absolute atomic E-state index is 0.591. The van der Waals surface area contributed by atoms with E-state index in [1.807, 2.05) is 72.8 Å². The predicted octanol–water partition coefficient (Wildman–Crippen LogP) is 13.6. The normalized spacial score (nSPS) is 11.2. The van der Waals surface area contributed by atoms with Gasteiger partial charge < -0.3 is 9.32 Å². The molecule has 2 heterocycles. The third-order valence-electron chi connectivity index (χ3n) is 10.1. The molecule has 0 radical (unpaired) electrons. The molecule has 5 heteroatoms. The van der Waals surface area contributed by atoms with Gasteiger partial charge >= 0.3 is 0 Å². The highest BCUT2D eigenvalue weighted by Crippen LogP contribution is 2.41. The van der Waals surface area contributed by atoms with E-state index in [9.17, 15) is 0 Å². The minimum Gasteiger partial charge on any atom is -0.456 e. The number of para-hydroxylation sites is 1. The number of nitrogens with zero attached hydrogens (tertiary/aromatic N) is 4. The Bertz CT molecular complexity index is 2890. The molecule has 5 nitrogen and oxygen atoms in total. The number of anilines is 3. The van der Waals surface area contributed by atoms with Crippen LogP contribution in [0, 0.1) is 0 Å². The van der Waals surface area contributed by atoms with Crippen molar-refractivity contribution in [1.29, 1.82) is 0 Å². The second kappa shape index (κ2) is 14.3. The molecular weight excluding hydrogens is 685 g/mol. The van der Waals surface area contributed by atoms with E-state index in [0.29, 0.717) is 17.5 Å². The number of hydrogen-bond acceptors (Lipinski definition) is 5. The lowest BCUT2D eigenvalue weighted by Gasteiger charge is -2.26. The number of rotatable bonds is 8. The van der Waals surface area contributed by atoms with Crippen LogP contribution in [-0.2, 0) is 0 Å². The van der Waals surface area contributed by atoms with Crippen molar-refractivity contribution >= 4 is 39.0 Å². The van der Waals surface area contributed by atoms with Crippen LogP contribution in [0.25, 0.3) is 78.4 Å². The Morgan fingerprint density at radius 2 is 0.821 bits per heavy atom. The molecule has 0 saturated carbocycles. The smallest absolute Gasteiger partial charge is 0.164 e. The van der Waals surface area contributed by atoms with Crippen molar-refractivity contribution in [3.63, 3.8) is 0 Å². The first-order chi connectivity index (χ1) is 27.7. The summed E-state index contributed by atoms with van der Waals surface area (Å²) >= 11 is 0. The van der Waals surface area contributed by atoms with Crippen molar-refractivity contribution in [2.45, 2.75) is 0 Å². The van der Waals surface area contributed by atoms with Gasteiger partial charge in [-0.1, -0.05) is 152 Å². The highest BCUT2D eigenvalue weighted by molar-refractivity contribution is 6.13. The Kier molecular flexibility index (Phi) is 8.43. The Hall–Kier alpha value is -7.63. The van der Waals surface area contributed by atoms with Gasteiger partial charge in [-0.15, -0.1) is 0 Å². The molecule has 2 aromatic heterocycles. The van der Waals surface area contributed by atoms with Crippen LogP contribution in [-0.4, -0.2) is 15.0 Å². The van der Waals surface area contributed by atoms with E-state index >= 15 is 0 Å². The fourth-order valence-corrected chi connectivity index (χ4v) is 7.41. The highest BCUT2D eigenvalue weighted by Gasteiger charge is 2.18. The number of fused-ring (bicyclic) bond motifs is 3. The zero-order valence-electron chi connectivity index (χ0n) is 30.3. The number of furan rings is 1. The molecule has 56 heavy (non-hydrogen) atoms. The molecule has 0 atom stereocenters. The van der Waals surface area contributed by atoms with Gasteiger partial charge in [-0.2, -0.15) is 0 Å². The maximum absolute atomic E-state index is 6.55. The van der Waals surface area contributed by atoms with Gasteiger partial charge in [-0.05, 0) is 76.9 Å². The standard InChI is InChI=1S/C51H34N4O/c1-5-15-35(16-6-1)39-21-13-24-43(33-39)55(41-22-11-4-12-23-41)42-30-27-36(28-31-42)44-25-14-26-46-48(44)45-32-29-40(34-47(45)56-46)51-53-49(37-17-7-2-8-18-37)52-50(54-51)38-19-9-3-10-20-38/h1-34H. The minimum atomic E-state index is 0.591. The third-order valence-corrected chi connectivity index (χ3v) is 10.1. The summed E-state index contributed by atoms with van der Waals surface area (Å²) in [4.78, 5) is 17.1. The molecule has 0 aliphatic carbocycles. The summed E-state index contributed by atoms with van der Waals surface area (Å²) in [5.41, 5.74) is 12.2. The topological polar surface area (TPSA) is 55.1 Å². The molecule has 0 aliphatic rings. The summed E-state index contributed by atoms with van der Waals surface area (Å²) < 4.78 is 6.55. The van der Waals surface area contributed by atoms with Crippen molar-refractivity contribution in [1.82, 2.24) is 15.0 Å². The van der Waals surface area contributed by atoms with E-state index in [0.717, 1.165) is 66.8 Å². The first kappa shape index (κ1) is 33.0. The van der Waals surface area contributed by atoms with Crippen LogP contribution in [0.5, 0.6) is 0 Å². The van der Waals surface area contributed by atoms with Crippen LogP contribution in [0.1, 0.15) is 0 Å². The largest absolute Gasteiger partial charge is 0.456 e. The van der Waals surface area contributed by atoms with Crippen LogP contribution < -0.4 is 4.90 Å². The lowest BCUT2D eigenvalue weighted by molar-refractivity contribution is 0.669. The summed E-state index contributed by atoms with van der Waals surface area (Å²) in [5, 5.41) is 2.11. The van der Waals surface area contributed by atoms with Gasteiger partial charge in [-0.25, -0.2) is 15.0 Å². The molecule has 10 aromatic rings. The molecule has 0 unspecified atom stereocenters. The van der Waals surface area contributed by atoms with E-state index in [1.54, 1.807) is 0 Å². The fourth-order valence-electron chi connectivity index (χ4n) is 7.41. The SMILES string of the molecule is c1ccc(-c2cccc(N(c3ccccc3)c3ccc(-c4cccc5oc6cc(-c7nc(-c8ccccc8)nc(-c8ccccc8)n7)ccc6c45)cc3)c2)cc1. The van der Waals surface area contributed by atoms with Crippen molar-refractivity contribution in [2.24, 2.45) is 0 Å². The van der Waals surface area contributed by atoms with E-state index in [1.165, 1.54) is 11.1 Å². The van der Waals surface area contributed by atoms with Crippen LogP contribution in [0.15, 0.2) is 211 Å². The average molecular weight is 719 g/mol. The van der Waals surface area contributed by atoms with Gasteiger partial charge in [0.1, 0.15) is 11.2 Å². The summed E-state index contributed by atoms with van der Waals surface area (Å²) in [5.74, 6) is 1.84. The van der Waals surface area contributed by atoms with Gasteiger partial charge in [0.05, 0.1) is 0 Å². The van der Waals surface area contributed by atoms with E-state index in [2.05, 4.69) is 138 Å². The van der Waals surface area contributed by atoms with Crippen molar-refractivity contribution in [2.75, 3.05) is 4.90 Å². The van der Waals surface area contributed by atoms with Gasteiger partial charge in [0.2, 0.25) is 0 Å². The molecular formula is C51H34N4O. The molecule has 0 N–H and O–H groups in total. The Labute approximate surface area is 324 Å². The quantitative estimate of drug-likeness (QED) is 0.157. The van der Waals surface area contributed by atoms with Crippen LogP contribution in [0.2, 0.25) is 0 Å². The molecule has 0 spiro atoms. The van der Waals surface area contributed by atoms with Gasteiger partial charge in [-0.3, -0.25) is 0 Å². The first-order valence-electron chi connectivity index (χ1n) is 18.7. The van der Waals surface area contributed by atoms with E-state index in [-0.39, 0.29) is 0 Å². The maximum atomic E-state index is 6.55. The first-order valence-corrected chi connectivity index (χ1v) is 18.7. The van der Waals surface area contributed by atoms with Gasteiger partial charge in [0.25, 0.3) is 0 Å². The zero-order valence-corrected chi connectivity index (χ0v) is 30.3. The molecule has 0 aliphatic heterocycles. The van der Waals surface area contributed by atoms with Crippen LogP contribution in [0.3, 0.4) is 0 Å². The molecule has 0 fully saturated rings. The maximum Gasteiger partial charge on any atom is 0.164 e. The van der Waals surface area contributed by atoms with Crippen LogP contribution in [0.4, 0.5) is 17.1 Å². The van der Waals surface area contributed by atoms with Crippen molar-refractivity contribution < 1.29 is 4.42 Å². The Morgan fingerprint density at radius 1 is 0.321 bits per heavy atom. The number of hydrogen-bond donors (Lipinski definition) is 0. The molecule has 8 aromatic carbocycles. The molecule has 264 valence electrons. The summed E-state index contributed by atoms with van der Waals surface area (Å²) in [6.07, 6.45) is 0. The van der Waals surface area contributed by atoms with E-state index < -0.39 is 0 Å². The highest BCUT2D eigenvalue weighted by atomic mass is 16.3. The second-order valence-electron chi connectivity index (χ2n) is 13.7. The number of aromatic nitrogens is 3. The molecule has 0 saturated heterocycles. The van der Waals surface area contributed by atoms with Crippen LogP contribution >= 0.6 is 0 Å². The lowest BCUT2D eigenvalue weighted by atomic mass is 9.98. The Balaban J connectivity index is 1.03. The van der Waals surface area contributed by atoms with Crippen molar-refractivity contribution in [3.8, 4) is 56.4 Å². The Morgan fingerprint density at radius 3 is 1.46 bits per heavy atom. The molecule has 0 amide bonds. The zero-order chi connectivity index (χ0) is 37.3. The number of benzene rings is 8. The predicted molar refractivity (Wildman–Crippen MR) is 229 cm³/mol. The van der Waals surface area contributed by atoms with E-state index in [4.69, 9.17) is 19.4 Å². The second-order valence-corrected chi connectivity index (χ2v) is 13.7.